The molecule has 0 saturated heterocycles. The van der Waals surface area contributed by atoms with Gasteiger partial charge in [-0.25, -0.2) is 9.59 Å². The molecule has 0 heterocycles. The number of hydrogen-bond acceptors (Lipinski definition) is 5. The van der Waals surface area contributed by atoms with E-state index >= 15 is 0 Å². The predicted octanol–water partition coefficient (Wildman–Crippen LogP) is 8.15. The highest BCUT2D eigenvalue weighted by molar-refractivity contribution is 6.14. The summed E-state index contributed by atoms with van der Waals surface area (Å²) in [6.45, 7) is 0.788. The molecule has 6 aromatic carbocycles. The lowest BCUT2D eigenvalue weighted by molar-refractivity contribution is 0.0400. The Balaban J connectivity index is 1.23. The second-order valence-corrected chi connectivity index (χ2v) is 9.54. The lowest BCUT2D eigenvalue weighted by Crippen LogP contribution is -2.14. The Morgan fingerprint density at radius 3 is 1.20 bits per heavy atom. The van der Waals surface area contributed by atoms with Gasteiger partial charge in [0.2, 0.25) is 0 Å². The molecule has 0 atom stereocenters. The predicted molar refractivity (Wildman–Crippen MR) is 159 cm³/mol. The lowest BCUT2D eigenvalue weighted by atomic mass is 10.0. The fourth-order valence-corrected chi connectivity index (χ4v) is 4.82. The van der Waals surface area contributed by atoms with Crippen molar-refractivity contribution in [1.82, 2.24) is 0 Å². The van der Waals surface area contributed by atoms with Crippen LogP contribution >= 0.6 is 0 Å². The van der Waals surface area contributed by atoms with Crippen LogP contribution in [0.4, 0.5) is 0 Å². The Kier molecular flexibility index (Phi) is 7.41. The molecule has 0 aliphatic carbocycles. The molecule has 0 spiro atoms. The normalized spacial score (nSPS) is 10.8. The number of ether oxygens (including phenoxy) is 3. The zero-order valence-corrected chi connectivity index (χ0v) is 22.2. The van der Waals surface area contributed by atoms with E-state index in [0.29, 0.717) is 35.5 Å². The summed E-state index contributed by atoms with van der Waals surface area (Å²) in [7, 11) is 0. The van der Waals surface area contributed by atoms with E-state index in [2.05, 4.69) is 0 Å². The Hall–Kier alpha value is -5.42. The summed E-state index contributed by atoms with van der Waals surface area (Å²) in [6, 6.07) is 41.3. The van der Waals surface area contributed by atoms with E-state index in [1.165, 1.54) is 0 Å². The molecule has 41 heavy (non-hydrogen) atoms. The summed E-state index contributed by atoms with van der Waals surface area (Å²) >= 11 is 0. The number of fused-ring (bicyclic) bond motifs is 2. The minimum absolute atomic E-state index is 0.285. The monoisotopic (exact) mass is 538 g/mol. The fraction of sp³-hybridized carbons (Fsp3) is 0.0556. The van der Waals surface area contributed by atoms with Crippen LogP contribution in [0, 0.1) is 0 Å². The van der Waals surface area contributed by atoms with Crippen molar-refractivity contribution in [2.75, 3.05) is 0 Å². The van der Waals surface area contributed by atoms with Crippen LogP contribution in [0.25, 0.3) is 21.5 Å². The third kappa shape index (κ3) is 5.65. The van der Waals surface area contributed by atoms with Crippen molar-refractivity contribution in [3.8, 4) is 11.5 Å². The highest BCUT2D eigenvalue weighted by atomic mass is 16.6. The molecule has 0 bridgehead atoms. The molecule has 0 aromatic heterocycles. The van der Waals surface area contributed by atoms with Crippen molar-refractivity contribution in [2.45, 2.75) is 13.2 Å². The smallest absolute Gasteiger partial charge is 0.346 e. The molecule has 0 fully saturated rings. The van der Waals surface area contributed by atoms with Gasteiger partial charge in [0.15, 0.2) is 0 Å². The summed E-state index contributed by atoms with van der Waals surface area (Å²) in [5.74, 6) is -0.169. The fourth-order valence-electron chi connectivity index (χ4n) is 4.82. The number of benzene rings is 6. The number of esters is 2. The summed E-state index contributed by atoms with van der Waals surface area (Å²) in [5, 5.41) is 2.81. The topological polar surface area (TPSA) is 61.8 Å². The zero-order valence-electron chi connectivity index (χ0n) is 22.2. The maximum absolute atomic E-state index is 13.3. The Morgan fingerprint density at radius 2 is 0.780 bits per heavy atom. The van der Waals surface area contributed by atoms with Gasteiger partial charge < -0.3 is 14.2 Å². The summed E-state index contributed by atoms with van der Waals surface area (Å²) in [4.78, 5) is 26.6. The maximum Gasteiger partial charge on any atom is 0.346 e. The van der Waals surface area contributed by atoms with E-state index in [9.17, 15) is 9.59 Å². The van der Waals surface area contributed by atoms with Gasteiger partial charge in [-0.2, -0.15) is 0 Å². The first-order valence-corrected chi connectivity index (χ1v) is 13.3. The second-order valence-electron chi connectivity index (χ2n) is 9.54. The molecule has 6 aromatic rings. The Morgan fingerprint density at radius 1 is 0.415 bits per heavy atom. The number of rotatable bonds is 8. The maximum atomic E-state index is 13.3. The van der Waals surface area contributed by atoms with Crippen LogP contribution < -0.4 is 9.47 Å². The van der Waals surface area contributed by atoms with Crippen LogP contribution in [0.3, 0.4) is 0 Å². The minimum atomic E-state index is -0.728. The van der Waals surface area contributed by atoms with Crippen molar-refractivity contribution >= 4 is 33.5 Å². The van der Waals surface area contributed by atoms with Crippen molar-refractivity contribution in [3.05, 3.63) is 156 Å². The van der Waals surface area contributed by atoms with Crippen molar-refractivity contribution in [3.63, 3.8) is 0 Å². The largest absolute Gasteiger partial charge is 0.488 e. The highest BCUT2D eigenvalue weighted by Crippen LogP contribution is 2.32. The lowest BCUT2D eigenvalue weighted by Gasteiger charge is -2.14. The standard InChI is InChI=1S/C36H26O5/c37-35(31-19-21-33(29-17-9-7-15-27(29)31)39-23-25-11-3-1-4-12-25)41-36(38)32-20-22-34(30-18-10-8-16-28(30)32)40-24-26-13-5-2-6-14-26/h1-22H,23-24H2. The van der Waals surface area contributed by atoms with Gasteiger partial charge in [-0.05, 0) is 46.2 Å². The second kappa shape index (κ2) is 11.8. The summed E-state index contributed by atoms with van der Waals surface area (Å²) in [5.41, 5.74) is 2.64. The first-order chi connectivity index (χ1) is 20.2. The average molecular weight is 539 g/mol. The van der Waals surface area contributed by atoms with Crippen LogP contribution in [0.15, 0.2) is 133 Å². The number of carbonyl (C=O) groups excluding carboxylic acids is 2. The molecule has 0 radical (unpaired) electrons. The van der Waals surface area contributed by atoms with E-state index in [1.54, 1.807) is 24.3 Å². The molecule has 0 aliphatic rings. The van der Waals surface area contributed by atoms with Crippen LogP contribution in [0.5, 0.6) is 11.5 Å². The van der Waals surface area contributed by atoms with Crippen LogP contribution in [-0.4, -0.2) is 11.9 Å². The van der Waals surface area contributed by atoms with Crippen molar-refractivity contribution in [1.29, 1.82) is 0 Å². The van der Waals surface area contributed by atoms with E-state index in [1.807, 2.05) is 109 Å². The molecule has 5 heteroatoms. The van der Waals surface area contributed by atoms with E-state index in [-0.39, 0.29) is 11.1 Å². The van der Waals surface area contributed by atoms with Crippen LogP contribution in [0.1, 0.15) is 31.8 Å². The first kappa shape index (κ1) is 25.8. The van der Waals surface area contributed by atoms with Gasteiger partial charge in [0.1, 0.15) is 24.7 Å². The third-order valence-electron chi connectivity index (χ3n) is 6.87. The van der Waals surface area contributed by atoms with Gasteiger partial charge in [-0.3, -0.25) is 0 Å². The number of hydrogen-bond donors (Lipinski definition) is 0. The first-order valence-electron chi connectivity index (χ1n) is 13.3. The minimum Gasteiger partial charge on any atom is -0.488 e. The molecular weight excluding hydrogens is 512 g/mol. The van der Waals surface area contributed by atoms with Crippen molar-refractivity contribution in [2.24, 2.45) is 0 Å². The summed E-state index contributed by atoms with van der Waals surface area (Å²) < 4.78 is 17.6. The van der Waals surface area contributed by atoms with Gasteiger partial charge in [-0.15, -0.1) is 0 Å². The Labute approximate surface area is 237 Å². The van der Waals surface area contributed by atoms with Gasteiger partial charge in [0.25, 0.3) is 0 Å². The number of carbonyl (C=O) groups is 2. The molecular formula is C36H26O5. The van der Waals surface area contributed by atoms with Crippen molar-refractivity contribution < 1.29 is 23.8 Å². The average Bonchev–Trinajstić information content (AvgIpc) is 3.03. The summed E-state index contributed by atoms with van der Waals surface area (Å²) in [6.07, 6.45) is 0. The molecule has 0 aliphatic heterocycles. The van der Waals surface area contributed by atoms with Gasteiger partial charge in [0.05, 0.1) is 11.1 Å². The SMILES string of the molecule is O=C(OC(=O)c1ccc(OCc2ccccc2)c2ccccc12)c1ccc(OCc2ccccc2)c2ccccc12. The third-order valence-corrected chi connectivity index (χ3v) is 6.87. The van der Waals surface area contributed by atoms with Crippen LogP contribution in [-0.2, 0) is 18.0 Å². The molecule has 6 rings (SSSR count). The van der Waals surface area contributed by atoms with E-state index in [4.69, 9.17) is 14.2 Å². The van der Waals surface area contributed by atoms with Gasteiger partial charge >= 0.3 is 11.9 Å². The van der Waals surface area contributed by atoms with Gasteiger partial charge in [0, 0.05) is 10.8 Å². The van der Waals surface area contributed by atoms with Crippen LogP contribution in [0.2, 0.25) is 0 Å². The Bertz CT molecular complexity index is 1710. The van der Waals surface area contributed by atoms with E-state index < -0.39 is 11.9 Å². The van der Waals surface area contributed by atoms with Gasteiger partial charge in [-0.1, -0.05) is 109 Å². The zero-order chi connectivity index (χ0) is 28.0. The molecule has 200 valence electrons. The molecule has 5 nitrogen and oxygen atoms in total. The molecule has 0 amide bonds. The quantitative estimate of drug-likeness (QED) is 0.145. The molecule has 0 N–H and O–H groups in total. The highest BCUT2D eigenvalue weighted by Gasteiger charge is 2.21. The molecule has 0 saturated carbocycles. The molecule has 0 unspecified atom stereocenters. The van der Waals surface area contributed by atoms with E-state index in [0.717, 1.165) is 21.9 Å².